The first-order chi connectivity index (χ1) is 8.18. The molecular weight excluding hydrogens is 285 g/mol. The third-order valence-electron chi connectivity index (χ3n) is 3.37. The molecule has 0 bridgehead atoms. The van der Waals surface area contributed by atoms with Crippen LogP contribution in [0.3, 0.4) is 0 Å². The molecule has 6 heteroatoms. The van der Waals surface area contributed by atoms with Crippen molar-refractivity contribution in [2.24, 2.45) is 11.7 Å². The number of halogens is 2. The van der Waals surface area contributed by atoms with E-state index in [0.717, 1.165) is 25.9 Å². The van der Waals surface area contributed by atoms with E-state index >= 15 is 0 Å². The van der Waals surface area contributed by atoms with E-state index in [1.54, 1.807) is 12.3 Å². The number of rotatable bonds is 2. The van der Waals surface area contributed by atoms with Crippen LogP contribution in [0.5, 0.6) is 0 Å². The Balaban J connectivity index is 0.00000162. The minimum absolute atomic E-state index is 0. The minimum atomic E-state index is 0. The Hall–Kier alpha value is -0.840. The topological polar surface area (TPSA) is 59.2 Å². The van der Waals surface area contributed by atoms with E-state index in [0.29, 0.717) is 11.6 Å². The summed E-state index contributed by atoms with van der Waals surface area (Å²) in [5, 5.41) is 0. The zero-order valence-corrected chi connectivity index (χ0v) is 12.6. The molecule has 2 atom stereocenters. The number of carbonyl (C=O) groups is 1. The Bertz CT molecular complexity index is 387. The van der Waals surface area contributed by atoms with Gasteiger partial charge in [0.05, 0.1) is 0 Å². The van der Waals surface area contributed by atoms with Gasteiger partial charge in [0.2, 0.25) is 0 Å². The first kappa shape index (κ1) is 18.2. The van der Waals surface area contributed by atoms with Crippen molar-refractivity contribution in [3.8, 4) is 0 Å². The van der Waals surface area contributed by atoms with Crippen molar-refractivity contribution in [3.05, 3.63) is 30.1 Å². The Morgan fingerprint density at radius 1 is 1.47 bits per heavy atom. The molecule has 1 amide bonds. The first-order valence-electron chi connectivity index (χ1n) is 6.14. The van der Waals surface area contributed by atoms with Crippen molar-refractivity contribution >= 4 is 30.7 Å². The fraction of sp³-hybridized carbons (Fsp3) is 0.538. The molecule has 19 heavy (non-hydrogen) atoms. The van der Waals surface area contributed by atoms with Crippen molar-refractivity contribution in [1.82, 2.24) is 9.88 Å². The van der Waals surface area contributed by atoms with Crippen LogP contribution in [0.25, 0.3) is 0 Å². The predicted octanol–water partition coefficient (Wildman–Crippen LogP) is 2.12. The smallest absolute Gasteiger partial charge is 0.272 e. The van der Waals surface area contributed by atoms with E-state index in [1.807, 2.05) is 24.0 Å². The van der Waals surface area contributed by atoms with Crippen LogP contribution in [0.4, 0.5) is 0 Å². The number of likely N-dealkylation sites (tertiary alicyclic amines) is 1. The highest BCUT2D eigenvalue weighted by molar-refractivity contribution is 5.92. The molecule has 1 fully saturated rings. The summed E-state index contributed by atoms with van der Waals surface area (Å²) in [6.07, 6.45) is 3.80. The van der Waals surface area contributed by atoms with Crippen molar-refractivity contribution < 1.29 is 4.79 Å². The third-order valence-corrected chi connectivity index (χ3v) is 3.37. The maximum atomic E-state index is 12.2. The second-order valence-electron chi connectivity index (χ2n) is 4.73. The van der Waals surface area contributed by atoms with Gasteiger partial charge in [-0.2, -0.15) is 0 Å². The Kier molecular flexibility index (Phi) is 7.99. The van der Waals surface area contributed by atoms with Crippen molar-refractivity contribution in [2.45, 2.75) is 25.8 Å². The van der Waals surface area contributed by atoms with E-state index in [2.05, 4.69) is 4.98 Å². The minimum Gasteiger partial charge on any atom is -0.337 e. The molecule has 2 rings (SSSR count). The number of hydrogen-bond donors (Lipinski definition) is 1. The van der Waals surface area contributed by atoms with Gasteiger partial charge in [0.1, 0.15) is 5.69 Å². The molecule has 108 valence electrons. The standard InChI is InChI=1S/C13H19N3O.2ClH/c1-10(14)11-5-4-8-16(9-11)13(17)12-6-2-3-7-15-12;;/h2-3,6-7,10-11H,4-5,8-9,14H2,1H3;2*1H. The van der Waals surface area contributed by atoms with Gasteiger partial charge in [-0.3, -0.25) is 9.78 Å². The zero-order valence-electron chi connectivity index (χ0n) is 11.0. The second kappa shape index (κ2) is 8.35. The number of hydrogen-bond acceptors (Lipinski definition) is 3. The molecule has 2 heterocycles. The van der Waals surface area contributed by atoms with Crippen LogP contribution in [-0.4, -0.2) is 34.9 Å². The normalized spacial score (nSPS) is 19.9. The lowest BCUT2D eigenvalue weighted by atomic mass is 9.92. The molecule has 0 aromatic carbocycles. The summed E-state index contributed by atoms with van der Waals surface area (Å²) >= 11 is 0. The van der Waals surface area contributed by atoms with Crippen molar-refractivity contribution in [2.75, 3.05) is 13.1 Å². The fourth-order valence-corrected chi connectivity index (χ4v) is 2.27. The lowest BCUT2D eigenvalue weighted by Crippen LogP contribution is -2.45. The molecule has 2 unspecified atom stereocenters. The van der Waals surface area contributed by atoms with Crippen LogP contribution >= 0.6 is 24.8 Å². The Morgan fingerprint density at radius 2 is 2.21 bits per heavy atom. The Labute approximate surface area is 126 Å². The molecule has 4 nitrogen and oxygen atoms in total. The van der Waals surface area contributed by atoms with Gasteiger partial charge in [-0.1, -0.05) is 6.07 Å². The number of piperidine rings is 1. The van der Waals surface area contributed by atoms with E-state index in [1.165, 1.54) is 0 Å². The average molecular weight is 306 g/mol. The largest absolute Gasteiger partial charge is 0.337 e. The molecule has 1 aliphatic heterocycles. The number of nitrogens with zero attached hydrogens (tertiary/aromatic N) is 2. The van der Waals surface area contributed by atoms with Gasteiger partial charge >= 0.3 is 0 Å². The second-order valence-corrected chi connectivity index (χ2v) is 4.73. The highest BCUT2D eigenvalue weighted by atomic mass is 35.5. The van der Waals surface area contributed by atoms with E-state index < -0.39 is 0 Å². The lowest BCUT2D eigenvalue weighted by Gasteiger charge is -2.34. The molecule has 1 saturated heterocycles. The summed E-state index contributed by atoms with van der Waals surface area (Å²) in [5.74, 6) is 0.437. The molecule has 1 aliphatic rings. The van der Waals surface area contributed by atoms with Gasteiger partial charge in [-0.05, 0) is 37.8 Å². The average Bonchev–Trinajstić information content (AvgIpc) is 2.39. The maximum absolute atomic E-state index is 12.2. The summed E-state index contributed by atoms with van der Waals surface area (Å²) in [7, 11) is 0. The molecule has 0 aliphatic carbocycles. The molecule has 0 spiro atoms. The molecule has 1 aromatic heterocycles. The third kappa shape index (κ3) is 4.64. The molecule has 1 aromatic rings. The molecule has 2 N–H and O–H groups in total. The van der Waals surface area contributed by atoms with Crippen LogP contribution in [0, 0.1) is 5.92 Å². The molecular formula is C13H21Cl2N3O. The number of pyridine rings is 1. The number of aromatic nitrogens is 1. The van der Waals surface area contributed by atoms with Gasteiger partial charge in [0.25, 0.3) is 5.91 Å². The summed E-state index contributed by atoms with van der Waals surface area (Å²) < 4.78 is 0. The summed E-state index contributed by atoms with van der Waals surface area (Å²) in [4.78, 5) is 18.2. The lowest BCUT2D eigenvalue weighted by molar-refractivity contribution is 0.0655. The summed E-state index contributed by atoms with van der Waals surface area (Å²) in [6, 6.07) is 5.57. The van der Waals surface area contributed by atoms with Crippen molar-refractivity contribution in [1.29, 1.82) is 0 Å². The van der Waals surface area contributed by atoms with Gasteiger partial charge in [-0.15, -0.1) is 24.8 Å². The highest BCUT2D eigenvalue weighted by Gasteiger charge is 2.26. The van der Waals surface area contributed by atoms with Gasteiger partial charge in [0.15, 0.2) is 0 Å². The quantitative estimate of drug-likeness (QED) is 0.910. The van der Waals surface area contributed by atoms with Crippen molar-refractivity contribution in [3.63, 3.8) is 0 Å². The maximum Gasteiger partial charge on any atom is 0.272 e. The highest BCUT2D eigenvalue weighted by Crippen LogP contribution is 2.19. The van der Waals surface area contributed by atoms with Gasteiger partial charge in [0, 0.05) is 25.3 Å². The number of nitrogens with two attached hydrogens (primary N) is 1. The monoisotopic (exact) mass is 305 g/mol. The van der Waals surface area contributed by atoms with E-state index in [4.69, 9.17) is 5.73 Å². The number of carbonyl (C=O) groups excluding carboxylic acids is 1. The SMILES string of the molecule is CC(N)C1CCCN(C(=O)c2ccccn2)C1.Cl.Cl. The van der Waals surface area contributed by atoms with Crippen LogP contribution in [0.15, 0.2) is 24.4 Å². The Morgan fingerprint density at radius 3 is 2.79 bits per heavy atom. The fourth-order valence-electron chi connectivity index (χ4n) is 2.27. The molecule has 0 radical (unpaired) electrons. The summed E-state index contributed by atoms with van der Waals surface area (Å²) in [5.41, 5.74) is 6.44. The molecule has 0 saturated carbocycles. The van der Waals surface area contributed by atoms with E-state index in [9.17, 15) is 4.79 Å². The van der Waals surface area contributed by atoms with Gasteiger partial charge in [-0.25, -0.2) is 0 Å². The van der Waals surface area contributed by atoms with Crippen LogP contribution in [-0.2, 0) is 0 Å². The first-order valence-corrected chi connectivity index (χ1v) is 6.14. The van der Waals surface area contributed by atoms with Crippen LogP contribution in [0.2, 0.25) is 0 Å². The predicted molar refractivity (Wildman–Crippen MR) is 81.0 cm³/mol. The number of amides is 1. The van der Waals surface area contributed by atoms with Crippen LogP contribution < -0.4 is 5.73 Å². The zero-order chi connectivity index (χ0) is 12.3. The van der Waals surface area contributed by atoms with Crippen LogP contribution in [0.1, 0.15) is 30.3 Å². The van der Waals surface area contributed by atoms with Gasteiger partial charge < -0.3 is 10.6 Å². The summed E-state index contributed by atoms with van der Waals surface area (Å²) in [6.45, 7) is 3.59. The van der Waals surface area contributed by atoms with E-state index in [-0.39, 0.29) is 36.8 Å².